The minimum Gasteiger partial charge on any atom is -0.370 e. The summed E-state index contributed by atoms with van der Waals surface area (Å²) in [5.74, 6) is -1.21. The fourth-order valence-corrected chi connectivity index (χ4v) is 1.79. The largest absolute Gasteiger partial charge is 0.370 e. The van der Waals surface area contributed by atoms with Crippen LogP contribution in [0.4, 0.5) is 0 Å². The Morgan fingerprint density at radius 1 is 1.05 bits per heavy atom. The fraction of sp³-hybridized carbons (Fsp3) is 0.300. The van der Waals surface area contributed by atoms with Gasteiger partial charge in [0.05, 0.1) is 0 Å². The third-order valence-electron chi connectivity index (χ3n) is 2.64. The normalized spacial score (nSPS) is 10.8. The molecule has 106 valence electrons. The molecule has 10 nitrogen and oxygen atoms in total. The van der Waals surface area contributed by atoms with Crippen LogP contribution in [0.3, 0.4) is 0 Å². The minimum atomic E-state index is -0.837. The number of nitrogens with one attached hydrogen (secondary N) is 3. The third-order valence-corrected chi connectivity index (χ3v) is 2.64. The number of imidazole rings is 1. The van der Waals surface area contributed by atoms with Gasteiger partial charge in [-0.2, -0.15) is 0 Å². The van der Waals surface area contributed by atoms with E-state index in [0.29, 0.717) is 4.57 Å². The fourth-order valence-electron chi connectivity index (χ4n) is 1.79. The van der Waals surface area contributed by atoms with Crippen LogP contribution in [0.25, 0.3) is 11.2 Å². The van der Waals surface area contributed by atoms with Gasteiger partial charge in [-0.05, 0) is 6.42 Å². The zero-order valence-electron chi connectivity index (χ0n) is 10.2. The Bertz CT molecular complexity index is 851. The average molecular weight is 281 g/mol. The van der Waals surface area contributed by atoms with E-state index in [4.69, 9.17) is 5.73 Å². The lowest BCUT2D eigenvalue weighted by molar-refractivity contribution is -0.118. The molecule has 0 aliphatic heterocycles. The lowest BCUT2D eigenvalue weighted by Gasteiger charge is -2.00. The molecular formula is C10H11N5O5. The summed E-state index contributed by atoms with van der Waals surface area (Å²) in [6.45, 7) is 0. The number of hydrogen-bond donors (Lipinski definition) is 4. The molecule has 20 heavy (non-hydrogen) atoms. The highest BCUT2D eigenvalue weighted by molar-refractivity contribution is 5.88. The summed E-state index contributed by atoms with van der Waals surface area (Å²) in [6, 6.07) is 0. The summed E-state index contributed by atoms with van der Waals surface area (Å²) in [7, 11) is 0. The number of H-pyrrole nitrogens is 3. The Kier molecular flexibility index (Phi) is 3.37. The highest BCUT2D eigenvalue weighted by Gasteiger charge is 2.16. The smallest absolute Gasteiger partial charge is 0.334 e. The van der Waals surface area contributed by atoms with E-state index in [1.165, 1.54) is 0 Å². The molecule has 2 heterocycles. The number of aromatic nitrogens is 4. The molecule has 10 heteroatoms. The number of rotatable bonds is 4. The number of nitrogens with zero attached hydrogens (tertiary/aromatic N) is 1. The van der Waals surface area contributed by atoms with Crippen LogP contribution in [0.15, 0.2) is 14.4 Å². The zero-order valence-corrected chi connectivity index (χ0v) is 10.2. The molecule has 0 radical (unpaired) electrons. The van der Waals surface area contributed by atoms with Crippen LogP contribution in [0.5, 0.6) is 0 Å². The Morgan fingerprint density at radius 3 is 2.40 bits per heavy atom. The third kappa shape index (κ3) is 2.43. The number of primary amides is 1. The van der Waals surface area contributed by atoms with Crippen molar-refractivity contribution in [2.24, 2.45) is 5.73 Å². The molecule has 0 unspecified atom stereocenters. The van der Waals surface area contributed by atoms with Gasteiger partial charge in [0.2, 0.25) is 11.8 Å². The van der Waals surface area contributed by atoms with E-state index in [-0.39, 0.29) is 30.4 Å². The zero-order chi connectivity index (χ0) is 14.9. The van der Waals surface area contributed by atoms with Gasteiger partial charge in [-0.1, -0.05) is 0 Å². The van der Waals surface area contributed by atoms with Gasteiger partial charge in [0.1, 0.15) is 0 Å². The van der Waals surface area contributed by atoms with Crippen molar-refractivity contribution in [3.05, 3.63) is 31.3 Å². The standard InChI is InChI=1S/C10H11N5O5/c11-4(16)2-1-3-5(17)15-7-6(12-10(15)20)8(18)14-9(19)13-7/h1-3H2,(H2,11,16)(H,12,20)(H2,13,14,18,19). The van der Waals surface area contributed by atoms with Crippen molar-refractivity contribution in [1.82, 2.24) is 19.5 Å². The van der Waals surface area contributed by atoms with E-state index in [1.807, 2.05) is 4.98 Å². The van der Waals surface area contributed by atoms with E-state index in [2.05, 4.69) is 9.97 Å². The lowest BCUT2D eigenvalue weighted by atomic mass is 10.2. The van der Waals surface area contributed by atoms with E-state index in [1.54, 1.807) is 0 Å². The van der Waals surface area contributed by atoms with Crippen LogP contribution in [0, 0.1) is 0 Å². The molecule has 0 saturated heterocycles. The van der Waals surface area contributed by atoms with Crippen molar-refractivity contribution in [2.75, 3.05) is 0 Å². The highest BCUT2D eigenvalue weighted by atomic mass is 16.2. The van der Waals surface area contributed by atoms with E-state index < -0.39 is 28.8 Å². The van der Waals surface area contributed by atoms with Gasteiger partial charge in [0.15, 0.2) is 11.2 Å². The molecule has 0 fully saturated rings. The van der Waals surface area contributed by atoms with Gasteiger partial charge in [-0.3, -0.25) is 29.3 Å². The number of carbonyl (C=O) groups excluding carboxylic acids is 2. The van der Waals surface area contributed by atoms with Crippen LogP contribution < -0.4 is 22.7 Å². The molecule has 0 saturated carbocycles. The first kappa shape index (κ1) is 13.5. The Hall–Kier alpha value is -2.91. The Morgan fingerprint density at radius 2 is 1.75 bits per heavy atom. The van der Waals surface area contributed by atoms with E-state index in [9.17, 15) is 24.0 Å². The van der Waals surface area contributed by atoms with Crippen molar-refractivity contribution in [2.45, 2.75) is 19.3 Å². The molecule has 1 amide bonds. The monoisotopic (exact) mass is 281 g/mol. The number of nitrogens with two attached hydrogens (primary N) is 1. The molecule has 0 aliphatic carbocycles. The number of fused-ring (bicyclic) bond motifs is 1. The predicted octanol–water partition coefficient (Wildman–Crippen LogP) is -2.00. The molecule has 0 aliphatic rings. The lowest BCUT2D eigenvalue weighted by Crippen LogP contribution is -2.26. The summed E-state index contributed by atoms with van der Waals surface area (Å²) in [5.41, 5.74) is 2.07. The molecule has 2 aromatic rings. The van der Waals surface area contributed by atoms with Crippen molar-refractivity contribution in [3.63, 3.8) is 0 Å². The second kappa shape index (κ2) is 4.99. The Labute approximate surface area is 109 Å². The van der Waals surface area contributed by atoms with E-state index >= 15 is 0 Å². The Balaban J connectivity index is 2.44. The second-order valence-corrected chi connectivity index (χ2v) is 4.11. The van der Waals surface area contributed by atoms with E-state index in [0.717, 1.165) is 0 Å². The predicted molar refractivity (Wildman–Crippen MR) is 67.5 cm³/mol. The molecule has 5 N–H and O–H groups in total. The molecule has 0 bridgehead atoms. The number of hydrogen-bond acceptors (Lipinski definition) is 5. The molecule has 0 spiro atoms. The maximum atomic E-state index is 11.9. The topological polar surface area (TPSA) is 164 Å². The van der Waals surface area contributed by atoms with Crippen LogP contribution in [0.2, 0.25) is 0 Å². The van der Waals surface area contributed by atoms with Crippen molar-refractivity contribution < 1.29 is 9.59 Å². The summed E-state index contributed by atoms with van der Waals surface area (Å²) < 4.78 is 0.660. The van der Waals surface area contributed by atoms with Gasteiger partial charge in [-0.25, -0.2) is 14.2 Å². The van der Waals surface area contributed by atoms with Crippen molar-refractivity contribution >= 4 is 23.0 Å². The summed E-state index contributed by atoms with van der Waals surface area (Å²) >= 11 is 0. The van der Waals surface area contributed by atoms with Crippen LogP contribution in [0.1, 0.15) is 24.1 Å². The van der Waals surface area contributed by atoms with Crippen LogP contribution in [-0.2, 0) is 4.79 Å². The van der Waals surface area contributed by atoms with Gasteiger partial charge in [0.25, 0.3) is 5.56 Å². The first-order valence-electron chi connectivity index (χ1n) is 5.69. The quantitative estimate of drug-likeness (QED) is 0.508. The summed E-state index contributed by atoms with van der Waals surface area (Å²) in [6.07, 6.45) is 0.0469. The van der Waals surface area contributed by atoms with Crippen molar-refractivity contribution in [1.29, 1.82) is 0 Å². The van der Waals surface area contributed by atoms with Gasteiger partial charge in [-0.15, -0.1) is 0 Å². The molecule has 0 aromatic carbocycles. The molecule has 2 aromatic heterocycles. The molecule has 0 atom stereocenters. The summed E-state index contributed by atoms with van der Waals surface area (Å²) in [5, 5.41) is 0. The van der Waals surface area contributed by atoms with Gasteiger partial charge in [0, 0.05) is 12.8 Å². The maximum Gasteiger partial charge on any atom is 0.334 e. The van der Waals surface area contributed by atoms with Crippen LogP contribution >= 0.6 is 0 Å². The minimum absolute atomic E-state index is 0.0000505. The number of carbonyl (C=O) groups is 2. The maximum absolute atomic E-state index is 11.9. The van der Waals surface area contributed by atoms with Gasteiger partial charge < -0.3 is 5.73 Å². The average Bonchev–Trinajstić information content (AvgIpc) is 2.65. The number of amides is 1. The van der Waals surface area contributed by atoms with Gasteiger partial charge >= 0.3 is 11.4 Å². The number of aromatic amines is 3. The SMILES string of the molecule is NC(=O)CCCC(=O)n1c(=O)[nH]c2c(=O)[nH]c(=O)[nH]c21. The molecular weight excluding hydrogens is 270 g/mol. The van der Waals surface area contributed by atoms with Crippen molar-refractivity contribution in [3.8, 4) is 0 Å². The molecule has 2 rings (SSSR count). The first-order chi connectivity index (χ1) is 9.40. The summed E-state index contributed by atoms with van der Waals surface area (Å²) in [4.78, 5) is 63.1. The van der Waals surface area contributed by atoms with Crippen LogP contribution in [-0.4, -0.2) is 31.3 Å². The second-order valence-electron chi connectivity index (χ2n) is 4.11. The first-order valence-corrected chi connectivity index (χ1v) is 5.69. The highest BCUT2D eigenvalue weighted by Crippen LogP contribution is 2.03.